The maximum atomic E-state index is 14.8. The Morgan fingerprint density at radius 1 is 1.32 bits per heavy atom. The molecule has 1 aromatic carbocycles. The van der Waals surface area contributed by atoms with Crippen LogP contribution in [0.25, 0.3) is 0 Å². The molecule has 0 amide bonds. The fourth-order valence-electron chi connectivity index (χ4n) is 2.96. The highest BCUT2D eigenvalue weighted by Gasteiger charge is 2.29. The van der Waals surface area contributed by atoms with Crippen LogP contribution < -0.4 is 10.2 Å². The van der Waals surface area contributed by atoms with E-state index >= 15 is 0 Å². The van der Waals surface area contributed by atoms with Crippen LogP contribution in [-0.4, -0.2) is 46.4 Å². The standard InChI is InChI=1S/C18H29BrClFN2OSi/c1-25(2,3)24-13-6-15-14-16(18(20,21)7-8-19)4-5-17(15)23-11-9-22-10-12-23/h4-5,14,22H,6-13H2,1-3H3. The number of halogens is 3. The molecule has 0 saturated carbocycles. The molecule has 0 aromatic heterocycles. The van der Waals surface area contributed by atoms with E-state index in [2.05, 4.69) is 45.8 Å². The van der Waals surface area contributed by atoms with Crippen LogP contribution in [0.15, 0.2) is 18.2 Å². The van der Waals surface area contributed by atoms with Gasteiger partial charge in [-0.3, -0.25) is 0 Å². The molecule has 1 atom stereocenters. The quantitative estimate of drug-likeness (QED) is 0.460. The van der Waals surface area contributed by atoms with E-state index in [1.54, 1.807) is 0 Å². The van der Waals surface area contributed by atoms with E-state index in [1.807, 2.05) is 18.2 Å². The first kappa shape index (κ1) is 21.2. The van der Waals surface area contributed by atoms with Crippen LogP contribution in [-0.2, 0) is 16.0 Å². The van der Waals surface area contributed by atoms with E-state index in [9.17, 15) is 4.39 Å². The van der Waals surface area contributed by atoms with Gasteiger partial charge in [-0.25, -0.2) is 4.39 Å². The van der Waals surface area contributed by atoms with Gasteiger partial charge in [0.2, 0.25) is 5.13 Å². The van der Waals surface area contributed by atoms with Crippen molar-refractivity contribution < 1.29 is 8.82 Å². The van der Waals surface area contributed by atoms with E-state index in [0.29, 0.717) is 17.5 Å². The number of anilines is 1. The molecule has 3 nitrogen and oxygen atoms in total. The molecule has 1 fully saturated rings. The molecule has 1 unspecified atom stereocenters. The number of piperazine rings is 1. The van der Waals surface area contributed by atoms with Gasteiger partial charge < -0.3 is 14.6 Å². The lowest BCUT2D eigenvalue weighted by Gasteiger charge is -2.32. The summed E-state index contributed by atoms with van der Waals surface area (Å²) in [6, 6.07) is 5.78. The Hall–Kier alpha value is -0.143. The molecule has 0 aliphatic carbocycles. The predicted octanol–water partition coefficient (Wildman–Crippen LogP) is 4.64. The van der Waals surface area contributed by atoms with Gasteiger partial charge in [-0.15, -0.1) is 0 Å². The van der Waals surface area contributed by atoms with Crippen molar-refractivity contribution in [3.63, 3.8) is 0 Å². The molecule has 1 N–H and O–H groups in total. The molecule has 142 valence electrons. The summed E-state index contributed by atoms with van der Waals surface area (Å²) in [5, 5.41) is 2.07. The predicted molar refractivity (Wildman–Crippen MR) is 112 cm³/mol. The van der Waals surface area contributed by atoms with Crippen LogP contribution in [0.5, 0.6) is 0 Å². The summed E-state index contributed by atoms with van der Waals surface area (Å²) in [6.07, 6.45) is 1.02. The summed E-state index contributed by atoms with van der Waals surface area (Å²) >= 11 is 9.42. The van der Waals surface area contributed by atoms with E-state index < -0.39 is 13.4 Å². The Balaban J connectivity index is 2.24. The fourth-order valence-corrected chi connectivity index (χ4v) is 4.66. The SMILES string of the molecule is C[Si](C)(C)OCCc1cc(C(F)(Cl)CCBr)ccc1N1CCNCC1. The maximum Gasteiger partial charge on any atom is 0.209 e. The van der Waals surface area contributed by atoms with Gasteiger partial charge in [0.1, 0.15) is 0 Å². The molecule has 0 radical (unpaired) electrons. The number of nitrogens with one attached hydrogen (secondary N) is 1. The number of hydrogen-bond acceptors (Lipinski definition) is 3. The van der Waals surface area contributed by atoms with Crippen molar-refractivity contribution in [1.82, 2.24) is 5.32 Å². The van der Waals surface area contributed by atoms with Gasteiger partial charge in [-0.05, 0) is 43.8 Å². The fraction of sp³-hybridized carbons (Fsp3) is 0.667. The maximum absolute atomic E-state index is 14.8. The third kappa shape index (κ3) is 6.51. The topological polar surface area (TPSA) is 24.5 Å². The summed E-state index contributed by atoms with van der Waals surface area (Å²) in [5.41, 5.74) is 2.83. The van der Waals surface area contributed by atoms with Crippen molar-refractivity contribution >= 4 is 41.5 Å². The summed E-state index contributed by atoms with van der Waals surface area (Å²) in [6.45, 7) is 11.1. The average molecular weight is 452 g/mol. The van der Waals surface area contributed by atoms with Crippen LogP contribution >= 0.6 is 27.5 Å². The molecule has 0 spiro atoms. The van der Waals surface area contributed by atoms with Crippen LogP contribution in [0.3, 0.4) is 0 Å². The van der Waals surface area contributed by atoms with Crippen molar-refractivity contribution in [3.05, 3.63) is 29.3 Å². The van der Waals surface area contributed by atoms with Gasteiger partial charge >= 0.3 is 0 Å². The van der Waals surface area contributed by atoms with Crippen LogP contribution in [0.1, 0.15) is 17.5 Å². The highest BCUT2D eigenvalue weighted by Crippen LogP contribution is 2.37. The molecule has 0 bridgehead atoms. The van der Waals surface area contributed by atoms with Crippen molar-refractivity contribution in [2.24, 2.45) is 0 Å². The lowest BCUT2D eigenvalue weighted by Crippen LogP contribution is -2.44. The Bertz CT molecular complexity index is 562. The molecule has 1 heterocycles. The molecule has 1 aromatic rings. The number of nitrogens with zero attached hydrogens (tertiary/aromatic N) is 1. The van der Waals surface area contributed by atoms with Crippen molar-refractivity contribution in [2.45, 2.75) is 37.6 Å². The first-order chi connectivity index (χ1) is 11.7. The summed E-state index contributed by atoms with van der Waals surface area (Å²) in [5.74, 6) is 0. The van der Waals surface area contributed by atoms with E-state index in [-0.39, 0.29) is 6.42 Å². The number of rotatable bonds is 8. The molecular formula is C18H29BrClFN2OSi. The number of hydrogen-bond donors (Lipinski definition) is 1. The normalized spacial score (nSPS) is 18.2. The van der Waals surface area contributed by atoms with E-state index in [1.165, 1.54) is 5.69 Å². The average Bonchev–Trinajstić information content (AvgIpc) is 2.54. The zero-order valence-corrected chi connectivity index (χ0v) is 18.7. The van der Waals surface area contributed by atoms with Gasteiger partial charge in [0, 0.05) is 55.8 Å². The third-order valence-electron chi connectivity index (χ3n) is 4.27. The molecule has 25 heavy (non-hydrogen) atoms. The largest absolute Gasteiger partial charge is 0.417 e. The monoisotopic (exact) mass is 450 g/mol. The second kappa shape index (κ2) is 9.18. The second-order valence-corrected chi connectivity index (χ2v) is 13.3. The Morgan fingerprint density at radius 2 is 2.00 bits per heavy atom. The van der Waals surface area contributed by atoms with E-state index in [4.69, 9.17) is 16.0 Å². The van der Waals surface area contributed by atoms with Crippen LogP contribution in [0.4, 0.5) is 10.1 Å². The van der Waals surface area contributed by atoms with Gasteiger partial charge in [-0.2, -0.15) is 0 Å². The minimum Gasteiger partial charge on any atom is -0.417 e. The zero-order valence-electron chi connectivity index (χ0n) is 15.4. The lowest BCUT2D eigenvalue weighted by atomic mass is 10.0. The molecule has 7 heteroatoms. The molecule has 2 rings (SSSR count). The second-order valence-electron chi connectivity index (χ2n) is 7.43. The first-order valence-electron chi connectivity index (χ1n) is 8.90. The first-order valence-corrected chi connectivity index (χ1v) is 13.8. The molecule has 1 aliphatic rings. The lowest BCUT2D eigenvalue weighted by molar-refractivity contribution is 0.277. The molecule has 1 aliphatic heterocycles. The summed E-state index contributed by atoms with van der Waals surface area (Å²) in [7, 11) is -1.56. The molecular weight excluding hydrogens is 423 g/mol. The summed E-state index contributed by atoms with van der Waals surface area (Å²) < 4.78 is 20.8. The number of alkyl halides is 3. The molecule has 1 saturated heterocycles. The smallest absolute Gasteiger partial charge is 0.209 e. The zero-order chi connectivity index (χ0) is 18.5. The minimum atomic E-state index is -1.83. The highest BCUT2D eigenvalue weighted by atomic mass is 79.9. The van der Waals surface area contributed by atoms with Crippen LogP contribution in [0.2, 0.25) is 19.6 Å². The van der Waals surface area contributed by atoms with Gasteiger partial charge in [0.05, 0.1) is 0 Å². The Morgan fingerprint density at radius 3 is 2.60 bits per heavy atom. The van der Waals surface area contributed by atoms with Gasteiger partial charge in [-0.1, -0.05) is 33.6 Å². The Labute approximate surface area is 165 Å². The number of benzene rings is 1. The van der Waals surface area contributed by atoms with Gasteiger partial charge in [0.25, 0.3) is 0 Å². The van der Waals surface area contributed by atoms with Crippen molar-refractivity contribution in [2.75, 3.05) is 43.0 Å². The van der Waals surface area contributed by atoms with Crippen LogP contribution in [0, 0.1) is 0 Å². The minimum absolute atomic E-state index is 0.242. The summed E-state index contributed by atoms with van der Waals surface area (Å²) in [4.78, 5) is 2.36. The Kier molecular flexibility index (Phi) is 7.77. The highest BCUT2D eigenvalue weighted by molar-refractivity contribution is 9.09. The van der Waals surface area contributed by atoms with Crippen molar-refractivity contribution in [1.29, 1.82) is 0 Å². The van der Waals surface area contributed by atoms with E-state index in [0.717, 1.165) is 38.2 Å². The van der Waals surface area contributed by atoms with Gasteiger partial charge in [0.15, 0.2) is 8.32 Å². The third-order valence-corrected chi connectivity index (χ3v) is 6.15. The van der Waals surface area contributed by atoms with Crippen molar-refractivity contribution in [3.8, 4) is 0 Å².